The van der Waals surface area contributed by atoms with Crippen LogP contribution >= 0.6 is 0 Å². The first kappa shape index (κ1) is 20.9. The van der Waals surface area contributed by atoms with E-state index in [0.29, 0.717) is 29.3 Å². The molecule has 162 valence electrons. The van der Waals surface area contributed by atoms with Crippen molar-refractivity contribution in [3.63, 3.8) is 0 Å². The van der Waals surface area contributed by atoms with E-state index in [1.54, 1.807) is 12.4 Å². The summed E-state index contributed by atoms with van der Waals surface area (Å²) in [7, 11) is 0. The third-order valence-electron chi connectivity index (χ3n) is 5.29. The molecule has 1 saturated heterocycles. The van der Waals surface area contributed by atoms with Gasteiger partial charge in [-0.15, -0.1) is 0 Å². The lowest BCUT2D eigenvalue weighted by molar-refractivity contribution is -0.116. The largest absolute Gasteiger partial charge is 0.371 e. The fraction of sp³-hybridized carbons (Fsp3) is 0.409. The second kappa shape index (κ2) is 9.22. The molecule has 0 saturated carbocycles. The van der Waals surface area contributed by atoms with Crippen molar-refractivity contribution in [3.8, 4) is 0 Å². The van der Waals surface area contributed by atoms with E-state index >= 15 is 0 Å². The number of aromatic nitrogens is 4. The molecular weight excluding hydrogens is 392 g/mol. The monoisotopic (exact) mass is 420 g/mol. The first-order chi connectivity index (χ1) is 15.0. The molecule has 1 amide bonds. The molecule has 1 atom stereocenters. The van der Waals surface area contributed by atoms with Crippen molar-refractivity contribution in [2.45, 2.75) is 26.7 Å². The molecule has 9 heteroatoms. The maximum Gasteiger partial charge on any atom is 0.231 e. The highest BCUT2D eigenvalue weighted by atomic mass is 16.1. The van der Waals surface area contributed by atoms with Gasteiger partial charge in [-0.25, -0.2) is 9.97 Å². The van der Waals surface area contributed by atoms with E-state index in [9.17, 15) is 4.79 Å². The molecule has 4 N–H and O–H groups in total. The minimum absolute atomic E-state index is 0.113. The van der Waals surface area contributed by atoms with Crippen LogP contribution in [0.25, 0.3) is 11.0 Å². The lowest BCUT2D eigenvalue weighted by atomic mass is 10.1. The molecule has 3 aromatic rings. The molecule has 31 heavy (non-hydrogen) atoms. The molecule has 1 aliphatic rings. The van der Waals surface area contributed by atoms with Crippen LogP contribution in [0, 0.1) is 11.8 Å². The molecule has 9 nitrogen and oxygen atoms in total. The average molecular weight is 421 g/mol. The molecule has 1 fully saturated rings. The van der Waals surface area contributed by atoms with Crippen molar-refractivity contribution < 1.29 is 4.79 Å². The maximum atomic E-state index is 12.0. The summed E-state index contributed by atoms with van der Waals surface area (Å²) >= 11 is 0. The number of hydrogen-bond acceptors (Lipinski definition) is 8. The summed E-state index contributed by atoms with van der Waals surface area (Å²) in [6.45, 7) is 6.76. The Morgan fingerprint density at radius 1 is 1.16 bits per heavy atom. The number of nitrogens with two attached hydrogens (primary N) is 1. The number of benzene rings is 1. The Kier molecular flexibility index (Phi) is 6.22. The van der Waals surface area contributed by atoms with Gasteiger partial charge in [0.25, 0.3) is 0 Å². The lowest BCUT2D eigenvalue weighted by Crippen LogP contribution is -2.22. The minimum Gasteiger partial charge on any atom is -0.371 e. The van der Waals surface area contributed by atoms with Gasteiger partial charge in [-0.2, -0.15) is 9.97 Å². The van der Waals surface area contributed by atoms with Crippen LogP contribution in [-0.2, 0) is 4.79 Å². The van der Waals surface area contributed by atoms with Crippen molar-refractivity contribution in [1.29, 1.82) is 0 Å². The van der Waals surface area contributed by atoms with E-state index < -0.39 is 0 Å². The van der Waals surface area contributed by atoms with Crippen molar-refractivity contribution in [2.24, 2.45) is 17.6 Å². The van der Waals surface area contributed by atoms with Crippen LogP contribution in [0.4, 0.5) is 23.3 Å². The number of rotatable bonds is 7. The first-order valence-electron chi connectivity index (χ1n) is 10.6. The van der Waals surface area contributed by atoms with Gasteiger partial charge in [-0.1, -0.05) is 13.8 Å². The van der Waals surface area contributed by atoms with Gasteiger partial charge >= 0.3 is 0 Å². The van der Waals surface area contributed by atoms with E-state index in [4.69, 9.17) is 5.73 Å². The molecule has 0 radical (unpaired) electrons. The van der Waals surface area contributed by atoms with Crippen molar-refractivity contribution in [3.05, 3.63) is 36.7 Å². The van der Waals surface area contributed by atoms with E-state index in [2.05, 4.69) is 47.6 Å². The quantitative estimate of drug-likeness (QED) is 0.533. The Bertz CT molecular complexity index is 1050. The first-order valence-corrected chi connectivity index (χ1v) is 10.6. The van der Waals surface area contributed by atoms with Crippen LogP contribution < -0.4 is 21.3 Å². The molecule has 4 rings (SSSR count). The lowest BCUT2D eigenvalue weighted by Gasteiger charge is -2.19. The fourth-order valence-corrected chi connectivity index (χ4v) is 3.63. The number of amides is 1. The Morgan fingerprint density at radius 2 is 1.87 bits per heavy atom. The van der Waals surface area contributed by atoms with Crippen LogP contribution in [0.5, 0.6) is 0 Å². The van der Waals surface area contributed by atoms with Gasteiger partial charge in [0.1, 0.15) is 0 Å². The summed E-state index contributed by atoms with van der Waals surface area (Å²) in [6.07, 6.45) is 4.83. The summed E-state index contributed by atoms with van der Waals surface area (Å²) in [5.41, 5.74) is 8.34. The van der Waals surface area contributed by atoms with E-state index in [-0.39, 0.29) is 17.8 Å². The second-order valence-corrected chi connectivity index (χ2v) is 8.32. The normalized spacial score (nSPS) is 16.1. The fourth-order valence-electron chi connectivity index (χ4n) is 3.63. The van der Waals surface area contributed by atoms with Gasteiger partial charge in [0.05, 0.1) is 5.39 Å². The Morgan fingerprint density at radius 3 is 2.55 bits per heavy atom. The molecule has 0 spiro atoms. The molecule has 0 aliphatic carbocycles. The van der Waals surface area contributed by atoms with Gasteiger partial charge in [0.2, 0.25) is 17.8 Å². The van der Waals surface area contributed by atoms with Crippen LogP contribution in [0.3, 0.4) is 0 Å². The predicted molar refractivity (Wildman–Crippen MR) is 122 cm³/mol. The minimum atomic E-state index is -0.113. The van der Waals surface area contributed by atoms with E-state index in [0.717, 1.165) is 31.7 Å². The number of nitrogens with one attached hydrogen (secondary N) is 2. The Balaban J connectivity index is 1.45. The van der Waals surface area contributed by atoms with Crippen LogP contribution in [-0.4, -0.2) is 45.5 Å². The number of fused-ring (bicyclic) bond motifs is 1. The molecule has 0 bridgehead atoms. The molecule has 1 aromatic carbocycles. The second-order valence-electron chi connectivity index (χ2n) is 8.32. The third-order valence-corrected chi connectivity index (χ3v) is 5.29. The molecule has 2 aromatic heterocycles. The van der Waals surface area contributed by atoms with E-state index in [1.165, 1.54) is 5.69 Å². The maximum absolute atomic E-state index is 12.0. The van der Waals surface area contributed by atoms with Crippen molar-refractivity contribution in [2.75, 3.05) is 35.2 Å². The average Bonchev–Trinajstić information content (AvgIpc) is 3.23. The zero-order valence-corrected chi connectivity index (χ0v) is 17.9. The predicted octanol–water partition coefficient (Wildman–Crippen LogP) is 2.93. The number of anilines is 4. The van der Waals surface area contributed by atoms with Gasteiger partial charge in [-0.3, -0.25) is 10.1 Å². The standard InChI is InChI=1S/C22H28N8O/c1-14(2)9-19(31)27-22-25-12-16-11-24-21(28-20(16)29-22)26-17-3-5-18(6-4-17)30-8-7-15(10-23)13-30/h3-6,11-12,14-15H,7-10,13,23H2,1-2H3,(H2,24,25,26,27,28,29,31). The van der Waals surface area contributed by atoms with Gasteiger partial charge < -0.3 is 16.0 Å². The smallest absolute Gasteiger partial charge is 0.231 e. The third kappa shape index (κ3) is 5.24. The van der Waals surface area contributed by atoms with Crippen molar-refractivity contribution >= 4 is 40.2 Å². The van der Waals surface area contributed by atoms with E-state index in [1.807, 2.05) is 26.0 Å². The Hall–Kier alpha value is -3.33. The number of carbonyl (C=O) groups is 1. The Labute approximate surface area is 181 Å². The summed E-state index contributed by atoms with van der Waals surface area (Å²) in [6, 6.07) is 8.20. The molecular formula is C22H28N8O. The highest BCUT2D eigenvalue weighted by Crippen LogP contribution is 2.25. The number of hydrogen-bond donors (Lipinski definition) is 3. The van der Waals surface area contributed by atoms with Crippen LogP contribution in [0.1, 0.15) is 26.7 Å². The van der Waals surface area contributed by atoms with Gasteiger partial charge in [0.15, 0.2) is 5.65 Å². The molecule has 1 aliphatic heterocycles. The zero-order chi connectivity index (χ0) is 21.8. The number of nitrogens with zero attached hydrogens (tertiary/aromatic N) is 5. The zero-order valence-electron chi connectivity index (χ0n) is 17.9. The molecule has 1 unspecified atom stereocenters. The number of carbonyl (C=O) groups excluding carboxylic acids is 1. The summed E-state index contributed by atoms with van der Waals surface area (Å²) in [5, 5.41) is 6.63. The highest BCUT2D eigenvalue weighted by Gasteiger charge is 2.21. The van der Waals surface area contributed by atoms with Crippen LogP contribution in [0.15, 0.2) is 36.7 Å². The summed E-state index contributed by atoms with van der Waals surface area (Å²) in [5.74, 6) is 1.40. The molecule has 3 heterocycles. The summed E-state index contributed by atoms with van der Waals surface area (Å²) < 4.78 is 0. The van der Waals surface area contributed by atoms with Gasteiger partial charge in [0, 0.05) is 43.3 Å². The summed E-state index contributed by atoms with van der Waals surface area (Å²) in [4.78, 5) is 31.7. The van der Waals surface area contributed by atoms with Crippen molar-refractivity contribution in [1.82, 2.24) is 19.9 Å². The van der Waals surface area contributed by atoms with Crippen LogP contribution in [0.2, 0.25) is 0 Å². The van der Waals surface area contributed by atoms with Gasteiger partial charge in [-0.05, 0) is 49.1 Å². The highest BCUT2D eigenvalue weighted by molar-refractivity contribution is 5.89. The topological polar surface area (TPSA) is 122 Å². The SMILES string of the molecule is CC(C)CC(=O)Nc1ncc2cnc(Nc3ccc(N4CCC(CN)C4)cc3)nc2n1.